The summed E-state index contributed by atoms with van der Waals surface area (Å²) in [5.41, 5.74) is 1.18. The summed E-state index contributed by atoms with van der Waals surface area (Å²) in [6.07, 6.45) is 1.65. The van der Waals surface area contributed by atoms with Crippen molar-refractivity contribution in [2.45, 2.75) is 19.4 Å². The number of fused-ring (bicyclic) bond motifs is 1. The van der Waals surface area contributed by atoms with Crippen LogP contribution in [0.15, 0.2) is 18.2 Å². The van der Waals surface area contributed by atoms with Crippen LogP contribution in [-0.2, 0) is 19.4 Å². The van der Waals surface area contributed by atoms with E-state index >= 15 is 0 Å². The van der Waals surface area contributed by atoms with Crippen molar-refractivity contribution in [3.63, 3.8) is 0 Å². The first-order valence-corrected chi connectivity index (χ1v) is 7.30. The summed E-state index contributed by atoms with van der Waals surface area (Å²) >= 11 is 1.69. The van der Waals surface area contributed by atoms with Gasteiger partial charge in [0.2, 0.25) is 0 Å². The van der Waals surface area contributed by atoms with Crippen molar-refractivity contribution in [1.29, 1.82) is 0 Å². The highest BCUT2D eigenvalue weighted by molar-refractivity contribution is 7.11. The summed E-state index contributed by atoms with van der Waals surface area (Å²) in [4.78, 5) is 5.87. The number of nitrogens with zero attached hydrogens (tertiary/aromatic N) is 1. The molecule has 0 atom stereocenters. The van der Waals surface area contributed by atoms with Crippen LogP contribution in [0.1, 0.15) is 15.6 Å². The van der Waals surface area contributed by atoms with Crippen LogP contribution < -0.4 is 10.1 Å². The minimum atomic E-state index is -0.890. The number of nitrogens with one attached hydrogen (secondary N) is 1. The first-order valence-electron chi connectivity index (χ1n) is 6.48. The molecule has 3 rings (SSSR count). The quantitative estimate of drug-likeness (QED) is 0.942. The van der Waals surface area contributed by atoms with E-state index in [0.29, 0.717) is 18.8 Å². The van der Waals surface area contributed by atoms with E-state index in [-0.39, 0.29) is 0 Å². The van der Waals surface area contributed by atoms with Gasteiger partial charge in [0.1, 0.15) is 5.75 Å². The van der Waals surface area contributed by atoms with Gasteiger partial charge in [-0.3, -0.25) is 0 Å². The summed E-state index contributed by atoms with van der Waals surface area (Å²) in [6.45, 7) is 2.27. The van der Waals surface area contributed by atoms with Crippen LogP contribution in [0.3, 0.4) is 0 Å². The molecule has 1 aliphatic heterocycles. The molecule has 1 aromatic carbocycles. The second-order valence-electron chi connectivity index (χ2n) is 4.58. The molecule has 0 unspecified atom stereocenters. The van der Waals surface area contributed by atoms with Crippen molar-refractivity contribution < 1.29 is 13.5 Å². The highest BCUT2D eigenvalue weighted by Gasteiger charge is 2.14. The maximum Gasteiger partial charge on any atom is 0.162 e. The molecule has 106 valence electrons. The van der Waals surface area contributed by atoms with Crippen molar-refractivity contribution in [2.75, 3.05) is 13.2 Å². The van der Waals surface area contributed by atoms with E-state index in [1.807, 2.05) is 0 Å². The molecule has 0 radical (unpaired) electrons. The van der Waals surface area contributed by atoms with Gasteiger partial charge in [0.05, 0.1) is 17.3 Å². The summed E-state index contributed by atoms with van der Waals surface area (Å²) in [7, 11) is 0. The molecule has 20 heavy (non-hydrogen) atoms. The number of hydrogen-bond acceptors (Lipinski definition) is 4. The van der Waals surface area contributed by atoms with Gasteiger partial charge in [-0.15, -0.1) is 11.3 Å². The fraction of sp³-hybridized carbons (Fsp3) is 0.357. The van der Waals surface area contributed by atoms with E-state index in [9.17, 15) is 8.78 Å². The molecule has 1 aliphatic rings. The number of thiazole rings is 1. The fourth-order valence-electron chi connectivity index (χ4n) is 2.11. The third kappa shape index (κ3) is 2.96. The highest BCUT2D eigenvalue weighted by atomic mass is 32.1. The lowest BCUT2D eigenvalue weighted by molar-refractivity contribution is 0.318. The average molecular weight is 296 g/mol. The molecule has 6 heteroatoms. The van der Waals surface area contributed by atoms with Crippen molar-refractivity contribution in [3.8, 4) is 5.75 Å². The Morgan fingerprint density at radius 2 is 2.20 bits per heavy atom. The molecular weight excluding hydrogens is 282 g/mol. The molecular formula is C14H14F2N2OS. The van der Waals surface area contributed by atoms with Gasteiger partial charge in [-0.25, -0.2) is 13.8 Å². The zero-order chi connectivity index (χ0) is 13.9. The number of rotatable bonds is 4. The Bertz CT molecular complexity index is 592. The van der Waals surface area contributed by atoms with Crippen LogP contribution in [0.4, 0.5) is 8.78 Å². The first kappa shape index (κ1) is 13.5. The Kier molecular flexibility index (Phi) is 3.93. The molecule has 2 heterocycles. The zero-order valence-corrected chi connectivity index (χ0v) is 11.6. The molecule has 1 aromatic heterocycles. The lowest BCUT2D eigenvalue weighted by Gasteiger charge is -2.09. The summed E-state index contributed by atoms with van der Waals surface area (Å²) in [5, 5.41) is 4.34. The largest absolute Gasteiger partial charge is 0.493 e. The molecule has 2 aromatic rings. The Labute approximate surface area is 119 Å². The van der Waals surface area contributed by atoms with Crippen LogP contribution >= 0.6 is 11.3 Å². The van der Waals surface area contributed by atoms with Gasteiger partial charge < -0.3 is 10.1 Å². The van der Waals surface area contributed by atoms with Crippen molar-refractivity contribution in [1.82, 2.24) is 10.3 Å². The van der Waals surface area contributed by atoms with E-state index < -0.39 is 11.6 Å². The lowest BCUT2D eigenvalue weighted by Crippen LogP contribution is -2.22. The van der Waals surface area contributed by atoms with Gasteiger partial charge in [0.15, 0.2) is 11.6 Å². The van der Waals surface area contributed by atoms with Crippen molar-refractivity contribution >= 4 is 11.3 Å². The summed E-state index contributed by atoms with van der Waals surface area (Å²) in [5.74, 6) is -1.41. The second-order valence-corrected chi connectivity index (χ2v) is 5.75. The normalized spacial score (nSPS) is 14.1. The zero-order valence-electron chi connectivity index (χ0n) is 10.8. The van der Waals surface area contributed by atoms with Gasteiger partial charge >= 0.3 is 0 Å². The maximum atomic E-state index is 13.0. The topological polar surface area (TPSA) is 34.1 Å². The van der Waals surface area contributed by atoms with E-state index in [4.69, 9.17) is 4.74 Å². The molecule has 0 spiro atoms. The van der Waals surface area contributed by atoms with Crippen LogP contribution in [0.2, 0.25) is 0 Å². The number of halogens is 2. The van der Waals surface area contributed by atoms with Crippen LogP contribution in [0, 0.1) is 11.6 Å². The van der Waals surface area contributed by atoms with Crippen LogP contribution in [-0.4, -0.2) is 18.1 Å². The molecule has 0 amide bonds. The third-order valence-corrected chi connectivity index (χ3v) is 4.28. The maximum absolute atomic E-state index is 13.0. The van der Waals surface area contributed by atoms with E-state index in [1.165, 1.54) is 16.6 Å². The Balaban J connectivity index is 1.57. The smallest absolute Gasteiger partial charge is 0.162 e. The molecule has 1 N–H and O–H groups in total. The summed E-state index contributed by atoms with van der Waals surface area (Å²) < 4.78 is 31.2. The predicted octanol–water partition coefficient (Wildman–Crippen LogP) is 2.69. The van der Waals surface area contributed by atoms with Gasteiger partial charge in [-0.1, -0.05) is 0 Å². The molecule has 0 bridgehead atoms. The van der Waals surface area contributed by atoms with E-state index in [0.717, 1.165) is 36.7 Å². The van der Waals surface area contributed by atoms with Crippen molar-refractivity contribution in [3.05, 3.63) is 45.4 Å². The van der Waals surface area contributed by atoms with E-state index in [2.05, 4.69) is 10.3 Å². The number of aromatic nitrogens is 1. The molecule has 0 saturated carbocycles. The SMILES string of the molecule is Fc1ccc(OCCc2nc3c(s2)CNCC3)cc1F. The van der Waals surface area contributed by atoms with Crippen molar-refractivity contribution in [2.24, 2.45) is 0 Å². The lowest BCUT2D eigenvalue weighted by atomic mass is 10.2. The Hall–Kier alpha value is -1.53. The number of ether oxygens (including phenoxy) is 1. The number of hydrogen-bond donors (Lipinski definition) is 1. The first-order chi connectivity index (χ1) is 9.72. The molecule has 3 nitrogen and oxygen atoms in total. The standard InChI is InChI=1S/C14H14F2N2OS/c15-10-2-1-9(7-11(10)16)19-6-4-14-18-12-3-5-17-8-13(12)20-14/h1-2,7,17H,3-6,8H2. The third-order valence-electron chi connectivity index (χ3n) is 3.12. The Morgan fingerprint density at radius 1 is 1.30 bits per heavy atom. The minimum absolute atomic E-state index is 0.340. The second kappa shape index (κ2) is 5.85. The molecule has 0 fully saturated rings. The van der Waals surface area contributed by atoms with Gasteiger partial charge in [-0.05, 0) is 12.1 Å². The van der Waals surface area contributed by atoms with Gasteiger partial charge in [0, 0.05) is 36.9 Å². The monoisotopic (exact) mass is 296 g/mol. The molecule has 0 saturated heterocycles. The fourth-order valence-corrected chi connectivity index (χ4v) is 3.17. The summed E-state index contributed by atoms with van der Waals surface area (Å²) in [6, 6.07) is 3.56. The number of benzene rings is 1. The predicted molar refractivity (Wildman–Crippen MR) is 73.1 cm³/mol. The Morgan fingerprint density at radius 3 is 3.00 bits per heavy atom. The molecule has 0 aliphatic carbocycles. The van der Waals surface area contributed by atoms with E-state index in [1.54, 1.807) is 11.3 Å². The van der Waals surface area contributed by atoms with Crippen LogP contribution in [0.25, 0.3) is 0 Å². The average Bonchev–Trinajstić information content (AvgIpc) is 2.85. The van der Waals surface area contributed by atoms with Gasteiger partial charge in [0.25, 0.3) is 0 Å². The highest BCUT2D eigenvalue weighted by Crippen LogP contribution is 2.22. The minimum Gasteiger partial charge on any atom is -0.493 e. The van der Waals surface area contributed by atoms with Gasteiger partial charge in [-0.2, -0.15) is 0 Å². The van der Waals surface area contributed by atoms with Crippen LogP contribution in [0.5, 0.6) is 5.75 Å².